The lowest BCUT2D eigenvalue weighted by molar-refractivity contribution is -0.126. The van der Waals surface area contributed by atoms with Gasteiger partial charge in [0.25, 0.3) is 0 Å². The Morgan fingerprint density at radius 3 is 2.17 bits per heavy atom. The molecule has 0 rings (SSSR count). The highest BCUT2D eigenvalue weighted by Gasteiger charge is 2.00. The van der Waals surface area contributed by atoms with Crippen LogP contribution >= 0.6 is 0 Å². The second-order valence-electron chi connectivity index (χ2n) is 5.86. The molecule has 24 heavy (non-hydrogen) atoms. The van der Waals surface area contributed by atoms with Crippen LogP contribution in [-0.2, 0) is 23.7 Å². The van der Waals surface area contributed by atoms with Gasteiger partial charge >= 0.3 is 0 Å². The van der Waals surface area contributed by atoms with Crippen LogP contribution in [0.5, 0.6) is 0 Å². The Balaban J connectivity index is -0.00000112. The summed E-state index contributed by atoms with van der Waals surface area (Å²) in [5.41, 5.74) is 0. The van der Waals surface area contributed by atoms with E-state index in [1.54, 1.807) is 7.11 Å². The van der Waals surface area contributed by atoms with E-state index in [1.165, 1.54) is 12.8 Å². The largest absolute Gasteiger partial charge is 0.382 e. The molecule has 6 nitrogen and oxygen atoms in total. The van der Waals surface area contributed by atoms with Gasteiger partial charge in [0.1, 0.15) is 6.61 Å². The average molecular weight is 352 g/mol. The zero-order valence-corrected chi connectivity index (χ0v) is 16.4. The monoisotopic (exact) mass is 351 g/mol. The van der Waals surface area contributed by atoms with E-state index in [0.29, 0.717) is 45.5 Å². The minimum atomic E-state index is -0.127. The first kappa shape index (κ1) is 25.5. The summed E-state index contributed by atoms with van der Waals surface area (Å²) in [6.07, 6.45) is 3.49. The number of hydrogen-bond acceptors (Lipinski definition) is 5. The molecule has 0 aliphatic heterocycles. The van der Waals surface area contributed by atoms with Crippen molar-refractivity contribution in [1.29, 1.82) is 0 Å². The lowest BCUT2D eigenvalue weighted by Crippen LogP contribution is -2.31. The van der Waals surface area contributed by atoms with Gasteiger partial charge in [0.15, 0.2) is 0 Å². The molecule has 0 aliphatic rings. The SMILES string of the molecule is CCC.COCCOCCOCC(=O)NCCOCCCC(C)C.[HH]. The first-order valence-electron chi connectivity index (χ1n) is 9.07. The van der Waals surface area contributed by atoms with E-state index in [1.807, 2.05) is 0 Å². The van der Waals surface area contributed by atoms with E-state index in [2.05, 4.69) is 33.0 Å². The van der Waals surface area contributed by atoms with Crippen LogP contribution in [0.15, 0.2) is 0 Å². The quantitative estimate of drug-likeness (QED) is 0.460. The maximum Gasteiger partial charge on any atom is 0.246 e. The molecule has 0 saturated carbocycles. The number of carbonyl (C=O) groups excluding carboxylic acids is 1. The molecule has 6 heteroatoms. The molecule has 0 saturated heterocycles. The summed E-state index contributed by atoms with van der Waals surface area (Å²) in [7, 11) is 1.62. The Morgan fingerprint density at radius 2 is 1.54 bits per heavy atom. The summed E-state index contributed by atoms with van der Waals surface area (Å²) in [5.74, 6) is 0.585. The molecule has 148 valence electrons. The maximum absolute atomic E-state index is 11.4. The molecule has 1 amide bonds. The minimum absolute atomic E-state index is 0. The Morgan fingerprint density at radius 1 is 0.958 bits per heavy atom. The third-order valence-electron chi connectivity index (χ3n) is 2.68. The van der Waals surface area contributed by atoms with Crippen molar-refractivity contribution >= 4 is 5.91 Å². The third-order valence-corrected chi connectivity index (χ3v) is 2.68. The number of hydrogen-bond donors (Lipinski definition) is 1. The summed E-state index contributed by atoms with van der Waals surface area (Å²) in [4.78, 5) is 11.4. The molecule has 0 aromatic rings. The fourth-order valence-corrected chi connectivity index (χ4v) is 1.54. The van der Waals surface area contributed by atoms with Gasteiger partial charge in [-0.3, -0.25) is 4.79 Å². The molecule has 0 unspecified atom stereocenters. The van der Waals surface area contributed by atoms with Gasteiger partial charge in [-0.25, -0.2) is 0 Å². The zero-order valence-electron chi connectivity index (χ0n) is 16.4. The summed E-state index contributed by atoms with van der Waals surface area (Å²) in [6.45, 7) is 12.5. The molecule has 0 aromatic heterocycles. The molecular weight excluding hydrogens is 310 g/mol. The lowest BCUT2D eigenvalue weighted by Gasteiger charge is -2.08. The average Bonchev–Trinajstić information content (AvgIpc) is 2.53. The number of ether oxygens (including phenoxy) is 4. The molecule has 0 atom stereocenters. The molecule has 0 radical (unpaired) electrons. The summed E-state index contributed by atoms with van der Waals surface area (Å²) in [5, 5.41) is 2.74. The van der Waals surface area contributed by atoms with Crippen LogP contribution in [0, 0.1) is 5.92 Å². The Kier molecular flexibility index (Phi) is 23.7. The van der Waals surface area contributed by atoms with Gasteiger partial charge in [-0.05, 0) is 18.8 Å². The Hall–Kier alpha value is -0.690. The molecule has 1 N–H and O–H groups in total. The number of nitrogens with one attached hydrogen (secondary N) is 1. The lowest BCUT2D eigenvalue weighted by atomic mass is 10.1. The van der Waals surface area contributed by atoms with E-state index >= 15 is 0 Å². The van der Waals surface area contributed by atoms with Gasteiger partial charge in [-0.2, -0.15) is 0 Å². The van der Waals surface area contributed by atoms with Crippen LogP contribution in [0.2, 0.25) is 0 Å². The standard InChI is InChI=1S/C15H31NO5.C3H8.H2/c1-14(2)5-4-7-19-8-6-16-15(17)13-21-12-11-20-10-9-18-3;1-3-2;/h14H,4-13H2,1-3H3,(H,16,17);3H2,1-2H3;1H. The smallest absolute Gasteiger partial charge is 0.246 e. The summed E-state index contributed by atoms with van der Waals surface area (Å²) in [6, 6.07) is 0. The zero-order chi connectivity index (χ0) is 18.5. The van der Waals surface area contributed by atoms with Gasteiger partial charge in [0.2, 0.25) is 5.91 Å². The fourth-order valence-electron chi connectivity index (χ4n) is 1.54. The van der Waals surface area contributed by atoms with Crippen molar-refractivity contribution in [2.45, 2.75) is 47.0 Å². The first-order chi connectivity index (χ1) is 11.6. The normalized spacial score (nSPS) is 10.4. The maximum atomic E-state index is 11.4. The molecule has 0 bridgehead atoms. The van der Waals surface area contributed by atoms with Gasteiger partial charge in [-0.15, -0.1) is 0 Å². The van der Waals surface area contributed by atoms with Crippen LogP contribution in [0.1, 0.15) is 48.4 Å². The minimum Gasteiger partial charge on any atom is -0.382 e. The van der Waals surface area contributed by atoms with Gasteiger partial charge in [0, 0.05) is 21.7 Å². The highest BCUT2D eigenvalue weighted by atomic mass is 16.5. The summed E-state index contributed by atoms with van der Waals surface area (Å²) >= 11 is 0. The second-order valence-corrected chi connectivity index (χ2v) is 5.86. The Bertz CT molecular complexity index is 256. The number of carbonyl (C=O) groups is 1. The molecule has 0 fully saturated rings. The molecular formula is C18H41NO5. The number of methoxy groups -OCH3 is 1. The fraction of sp³-hybridized carbons (Fsp3) is 0.944. The first-order valence-corrected chi connectivity index (χ1v) is 9.07. The summed E-state index contributed by atoms with van der Waals surface area (Å²) < 4.78 is 20.6. The van der Waals surface area contributed by atoms with Gasteiger partial charge in [0.05, 0.1) is 33.0 Å². The number of amides is 1. The highest BCUT2D eigenvalue weighted by molar-refractivity contribution is 5.77. The molecule has 0 aliphatic carbocycles. The highest BCUT2D eigenvalue weighted by Crippen LogP contribution is 2.02. The molecule has 0 aromatic carbocycles. The second kappa shape index (κ2) is 22.3. The van der Waals surface area contributed by atoms with Crippen LogP contribution in [-0.4, -0.2) is 65.8 Å². The molecule has 0 heterocycles. The Labute approximate surface area is 150 Å². The van der Waals surface area contributed by atoms with Crippen molar-refractivity contribution < 1.29 is 25.2 Å². The van der Waals surface area contributed by atoms with Crippen molar-refractivity contribution in [3.63, 3.8) is 0 Å². The van der Waals surface area contributed by atoms with Gasteiger partial charge < -0.3 is 24.3 Å². The van der Waals surface area contributed by atoms with E-state index in [9.17, 15) is 4.79 Å². The van der Waals surface area contributed by atoms with Crippen molar-refractivity contribution in [2.24, 2.45) is 5.92 Å². The van der Waals surface area contributed by atoms with E-state index in [4.69, 9.17) is 18.9 Å². The van der Waals surface area contributed by atoms with Crippen molar-refractivity contribution in [3.8, 4) is 0 Å². The van der Waals surface area contributed by atoms with Crippen molar-refractivity contribution in [2.75, 3.05) is 59.9 Å². The topological polar surface area (TPSA) is 66.0 Å². The number of rotatable bonds is 15. The van der Waals surface area contributed by atoms with Crippen LogP contribution in [0.4, 0.5) is 0 Å². The van der Waals surface area contributed by atoms with Crippen LogP contribution in [0.3, 0.4) is 0 Å². The molecule has 0 spiro atoms. The van der Waals surface area contributed by atoms with Crippen molar-refractivity contribution in [3.05, 3.63) is 0 Å². The van der Waals surface area contributed by atoms with Crippen LogP contribution < -0.4 is 5.32 Å². The van der Waals surface area contributed by atoms with Crippen molar-refractivity contribution in [1.82, 2.24) is 5.32 Å². The van der Waals surface area contributed by atoms with Gasteiger partial charge in [-0.1, -0.05) is 34.1 Å². The predicted octanol–water partition coefficient (Wildman–Crippen LogP) is 2.90. The van der Waals surface area contributed by atoms with E-state index in [0.717, 1.165) is 13.0 Å². The predicted molar refractivity (Wildman–Crippen MR) is 99.5 cm³/mol. The van der Waals surface area contributed by atoms with E-state index in [-0.39, 0.29) is 13.9 Å². The van der Waals surface area contributed by atoms with Crippen LogP contribution in [0.25, 0.3) is 0 Å². The van der Waals surface area contributed by atoms with E-state index < -0.39 is 0 Å². The third kappa shape index (κ3) is 26.2.